The van der Waals surface area contributed by atoms with Crippen LogP contribution in [0.5, 0.6) is 5.75 Å². The Morgan fingerprint density at radius 1 is 1.33 bits per heavy atom. The zero-order valence-corrected chi connectivity index (χ0v) is 7.61. The lowest BCUT2D eigenvalue weighted by molar-refractivity contribution is -0.142. The van der Waals surface area contributed by atoms with E-state index in [-0.39, 0.29) is 0 Å². The topological polar surface area (TPSA) is 22.1 Å². The molecule has 0 aliphatic heterocycles. The third-order valence-corrected chi connectivity index (χ3v) is 1.65. The fourth-order valence-corrected chi connectivity index (χ4v) is 1.13. The van der Waals surface area contributed by atoms with Crippen LogP contribution >= 0.6 is 11.6 Å². The molecule has 0 N–H and O–H groups in total. The summed E-state index contributed by atoms with van der Waals surface area (Å²) in [6.45, 7) is -3.36. The summed E-state index contributed by atoms with van der Waals surface area (Å²) in [7, 11) is 0. The smallest absolute Gasteiger partial charge is 0.422 e. The first-order chi connectivity index (χ1) is 6.82. The molecule has 0 aliphatic carbocycles. The van der Waals surface area contributed by atoms with Crippen molar-refractivity contribution in [2.75, 3.05) is 0 Å². The number of halogens is 6. The van der Waals surface area contributed by atoms with Crippen LogP contribution in [-0.2, 0) is 6.18 Å². The van der Waals surface area contributed by atoms with Crippen LogP contribution in [0.1, 0.15) is 5.56 Å². The standard InChI is InChI=1S/C7H3ClF5NO/c8-5-4(7(11,12)13)3(1-2-14-5)15-6(9)10/h1-2,6H. The van der Waals surface area contributed by atoms with Crippen molar-refractivity contribution in [1.29, 1.82) is 0 Å². The third-order valence-electron chi connectivity index (χ3n) is 1.37. The Morgan fingerprint density at radius 3 is 2.40 bits per heavy atom. The number of ether oxygens (including phenoxy) is 1. The Hall–Kier alpha value is -1.11. The second kappa shape index (κ2) is 4.18. The summed E-state index contributed by atoms with van der Waals surface area (Å²) in [6, 6.07) is 0.668. The molecule has 0 amide bonds. The highest BCUT2D eigenvalue weighted by molar-refractivity contribution is 6.30. The number of nitrogens with zero attached hydrogens (tertiary/aromatic N) is 1. The molecule has 0 saturated heterocycles. The van der Waals surface area contributed by atoms with Crippen molar-refractivity contribution in [1.82, 2.24) is 4.98 Å². The van der Waals surface area contributed by atoms with Crippen molar-refractivity contribution >= 4 is 11.6 Å². The number of hydrogen-bond donors (Lipinski definition) is 0. The first-order valence-electron chi connectivity index (χ1n) is 3.49. The van der Waals surface area contributed by atoms with E-state index in [1.165, 1.54) is 0 Å². The molecule has 0 saturated carbocycles. The van der Waals surface area contributed by atoms with E-state index in [1.54, 1.807) is 0 Å². The van der Waals surface area contributed by atoms with Gasteiger partial charge in [-0.2, -0.15) is 22.0 Å². The minimum Gasteiger partial charge on any atom is -0.434 e. The van der Waals surface area contributed by atoms with Gasteiger partial charge in [-0.25, -0.2) is 4.98 Å². The molecule has 84 valence electrons. The summed E-state index contributed by atoms with van der Waals surface area (Å²) in [5, 5.41) is -0.930. The van der Waals surface area contributed by atoms with Gasteiger partial charge in [0, 0.05) is 6.20 Å². The fraction of sp³-hybridized carbons (Fsp3) is 0.286. The maximum Gasteiger partial charge on any atom is 0.422 e. The van der Waals surface area contributed by atoms with Crippen LogP contribution in [0.15, 0.2) is 12.3 Å². The predicted molar refractivity (Wildman–Crippen MR) is 40.9 cm³/mol. The Morgan fingerprint density at radius 2 is 1.93 bits per heavy atom. The molecule has 0 aromatic carbocycles. The average molecular weight is 248 g/mol. The van der Waals surface area contributed by atoms with E-state index in [4.69, 9.17) is 11.6 Å². The first-order valence-corrected chi connectivity index (χ1v) is 3.86. The van der Waals surface area contributed by atoms with Crippen molar-refractivity contribution in [3.8, 4) is 5.75 Å². The maximum atomic E-state index is 12.3. The van der Waals surface area contributed by atoms with Crippen molar-refractivity contribution in [2.45, 2.75) is 12.8 Å². The van der Waals surface area contributed by atoms with E-state index in [2.05, 4.69) is 9.72 Å². The maximum absolute atomic E-state index is 12.3. The lowest BCUT2D eigenvalue weighted by Crippen LogP contribution is -2.12. The molecule has 0 aliphatic rings. The third kappa shape index (κ3) is 2.92. The second-order valence-corrected chi connectivity index (χ2v) is 2.71. The molecule has 1 rings (SSSR count). The van der Waals surface area contributed by atoms with Gasteiger partial charge in [-0.1, -0.05) is 11.6 Å². The van der Waals surface area contributed by atoms with Gasteiger partial charge in [-0.3, -0.25) is 0 Å². The zero-order chi connectivity index (χ0) is 11.6. The van der Waals surface area contributed by atoms with Gasteiger partial charge in [0.05, 0.1) is 0 Å². The van der Waals surface area contributed by atoms with E-state index < -0.39 is 29.3 Å². The number of alkyl halides is 5. The summed E-state index contributed by atoms with van der Waals surface area (Å²) in [6.07, 6.45) is -4.05. The molecule has 0 unspecified atom stereocenters. The molecule has 15 heavy (non-hydrogen) atoms. The van der Waals surface area contributed by atoms with Crippen LogP contribution in [0, 0.1) is 0 Å². The van der Waals surface area contributed by atoms with E-state index in [0.29, 0.717) is 6.07 Å². The molecule has 1 aromatic heterocycles. The molecule has 1 aromatic rings. The Kier molecular flexibility index (Phi) is 3.33. The van der Waals surface area contributed by atoms with Crippen molar-refractivity contribution in [2.24, 2.45) is 0 Å². The van der Waals surface area contributed by atoms with Crippen LogP contribution < -0.4 is 4.74 Å². The van der Waals surface area contributed by atoms with E-state index in [1.807, 2.05) is 0 Å². The van der Waals surface area contributed by atoms with Crippen LogP contribution in [-0.4, -0.2) is 11.6 Å². The molecule has 0 radical (unpaired) electrons. The van der Waals surface area contributed by atoms with Gasteiger partial charge in [0.25, 0.3) is 0 Å². The molecular formula is C7H3ClF5NO. The van der Waals surface area contributed by atoms with Gasteiger partial charge < -0.3 is 4.74 Å². The van der Waals surface area contributed by atoms with Gasteiger partial charge in [0.2, 0.25) is 0 Å². The largest absolute Gasteiger partial charge is 0.434 e. The molecule has 0 spiro atoms. The van der Waals surface area contributed by atoms with Gasteiger partial charge in [0.1, 0.15) is 16.5 Å². The summed E-state index contributed by atoms with van der Waals surface area (Å²) in [5.41, 5.74) is -1.51. The van der Waals surface area contributed by atoms with Crippen LogP contribution in [0.2, 0.25) is 5.15 Å². The van der Waals surface area contributed by atoms with Crippen LogP contribution in [0.3, 0.4) is 0 Å². The first kappa shape index (κ1) is 12.0. The minimum absolute atomic E-state index is 0.668. The number of hydrogen-bond acceptors (Lipinski definition) is 2. The predicted octanol–water partition coefficient (Wildman–Crippen LogP) is 3.36. The molecule has 0 bridgehead atoms. The molecule has 1 heterocycles. The highest BCUT2D eigenvalue weighted by atomic mass is 35.5. The second-order valence-electron chi connectivity index (χ2n) is 2.35. The molecule has 0 fully saturated rings. The van der Waals surface area contributed by atoms with Crippen molar-refractivity contribution in [3.63, 3.8) is 0 Å². The Bertz CT molecular complexity index is 354. The lowest BCUT2D eigenvalue weighted by Gasteiger charge is -2.13. The normalized spacial score (nSPS) is 11.9. The highest BCUT2D eigenvalue weighted by Gasteiger charge is 2.38. The van der Waals surface area contributed by atoms with Crippen LogP contribution in [0.25, 0.3) is 0 Å². The number of aromatic nitrogens is 1. The van der Waals surface area contributed by atoms with Crippen molar-refractivity contribution in [3.05, 3.63) is 23.0 Å². The monoisotopic (exact) mass is 247 g/mol. The van der Waals surface area contributed by atoms with Gasteiger partial charge in [0.15, 0.2) is 0 Å². The van der Waals surface area contributed by atoms with Gasteiger partial charge in [-0.15, -0.1) is 0 Å². The van der Waals surface area contributed by atoms with E-state index in [0.717, 1.165) is 6.20 Å². The SMILES string of the molecule is FC(F)Oc1ccnc(Cl)c1C(F)(F)F. The molecule has 8 heteroatoms. The average Bonchev–Trinajstić information content (AvgIpc) is 1.99. The summed E-state index contributed by atoms with van der Waals surface area (Å²) in [5.74, 6) is -1.04. The lowest BCUT2D eigenvalue weighted by atomic mass is 10.2. The van der Waals surface area contributed by atoms with Crippen LogP contribution in [0.4, 0.5) is 22.0 Å². The van der Waals surface area contributed by atoms with E-state index >= 15 is 0 Å². The molecule has 2 nitrogen and oxygen atoms in total. The zero-order valence-electron chi connectivity index (χ0n) is 6.86. The molecular weight excluding hydrogens is 245 g/mol. The fourth-order valence-electron chi connectivity index (χ4n) is 0.871. The number of rotatable bonds is 2. The number of pyridine rings is 1. The van der Waals surface area contributed by atoms with Gasteiger partial charge in [-0.05, 0) is 6.07 Å². The van der Waals surface area contributed by atoms with E-state index in [9.17, 15) is 22.0 Å². The van der Waals surface area contributed by atoms with Gasteiger partial charge >= 0.3 is 12.8 Å². The summed E-state index contributed by atoms with van der Waals surface area (Å²) >= 11 is 5.14. The van der Waals surface area contributed by atoms with Crippen molar-refractivity contribution < 1.29 is 26.7 Å². The Labute approximate surface area is 85.6 Å². The summed E-state index contributed by atoms with van der Waals surface area (Å²) in [4.78, 5) is 3.13. The minimum atomic E-state index is -4.89. The highest BCUT2D eigenvalue weighted by Crippen LogP contribution is 2.40. The summed E-state index contributed by atoms with van der Waals surface area (Å²) < 4.78 is 64.1. The Balaban J connectivity index is 3.21. The molecule has 0 atom stereocenters. The quantitative estimate of drug-likeness (QED) is 0.591.